The number of hydrogen-bond donors (Lipinski definition) is 1. The molecule has 0 bridgehead atoms. The highest BCUT2D eigenvalue weighted by molar-refractivity contribution is 9.10. The lowest BCUT2D eigenvalue weighted by atomic mass is 9.89. The molecular formula is C16H23BrFN. The summed E-state index contributed by atoms with van der Waals surface area (Å²) in [6.07, 6.45) is 4.89. The monoisotopic (exact) mass is 327 g/mol. The number of nitrogens with one attached hydrogen (secondary N) is 1. The van der Waals surface area contributed by atoms with E-state index in [-0.39, 0.29) is 5.82 Å². The number of benzene rings is 1. The fourth-order valence-corrected chi connectivity index (χ4v) is 3.58. The molecular weight excluding hydrogens is 305 g/mol. The zero-order valence-electron chi connectivity index (χ0n) is 11.8. The van der Waals surface area contributed by atoms with E-state index in [9.17, 15) is 4.39 Å². The van der Waals surface area contributed by atoms with Crippen molar-refractivity contribution in [3.05, 3.63) is 34.1 Å². The van der Waals surface area contributed by atoms with Gasteiger partial charge in [0.15, 0.2) is 0 Å². The molecule has 1 aromatic rings. The summed E-state index contributed by atoms with van der Waals surface area (Å²) in [6.45, 7) is 5.47. The van der Waals surface area contributed by atoms with Gasteiger partial charge in [-0.15, -0.1) is 0 Å². The molecule has 19 heavy (non-hydrogen) atoms. The van der Waals surface area contributed by atoms with Gasteiger partial charge < -0.3 is 5.32 Å². The maximum Gasteiger partial charge on any atom is 0.124 e. The molecule has 3 heteroatoms. The molecule has 0 heterocycles. The Morgan fingerprint density at radius 3 is 2.68 bits per heavy atom. The third-order valence-corrected chi connectivity index (χ3v) is 4.48. The van der Waals surface area contributed by atoms with Crippen LogP contribution in [0.3, 0.4) is 0 Å². The van der Waals surface area contributed by atoms with Crippen LogP contribution in [0.5, 0.6) is 0 Å². The summed E-state index contributed by atoms with van der Waals surface area (Å²) in [4.78, 5) is 0. The van der Waals surface area contributed by atoms with Gasteiger partial charge >= 0.3 is 0 Å². The van der Waals surface area contributed by atoms with Crippen molar-refractivity contribution >= 4 is 15.9 Å². The molecule has 1 N–H and O–H groups in total. The van der Waals surface area contributed by atoms with Crippen LogP contribution < -0.4 is 5.32 Å². The summed E-state index contributed by atoms with van der Waals surface area (Å²) in [5.74, 6) is 1.30. The molecule has 0 aliphatic heterocycles. The second kappa shape index (κ2) is 6.85. The van der Waals surface area contributed by atoms with Crippen molar-refractivity contribution in [3.8, 4) is 0 Å². The SMILES string of the molecule is CC(C)NCC1CCCC1Cc1cc(F)cc(Br)c1. The molecule has 0 aromatic heterocycles. The first-order chi connectivity index (χ1) is 9.04. The molecule has 1 saturated carbocycles. The standard InChI is InChI=1S/C16H23BrFN/c1-11(2)19-10-14-5-3-4-13(14)6-12-7-15(17)9-16(18)8-12/h7-9,11,13-14,19H,3-6,10H2,1-2H3. The van der Waals surface area contributed by atoms with Gasteiger partial charge in [-0.2, -0.15) is 0 Å². The van der Waals surface area contributed by atoms with E-state index in [4.69, 9.17) is 0 Å². The molecule has 106 valence electrons. The summed E-state index contributed by atoms with van der Waals surface area (Å²) in [5.41, 5.74) is 1.12. The third kappa shape index (κ3) is 4.57. The van der Waals surface area contributed by atoms with Crippen molar-refractivity contribution < 1.29 is 4.39 Å². The fraction of sp³-hybridized carbons (Fsp3) is 0.625. The maximum absolute atomic E-state index is 13.4. The molecule has 1 nitrogen and oxygen atoms in total. The molecule has 0 radical (unpaired) electrons. The molecule has 1 aliphatic carbocycles. The van der Waals surface area contributed by atoms with Crippen LogP contribution in [0.4, 0.5) is 4.39 Å². The molecule has 0 amide bonds. The van der Waals surface area contributed by atoms with Crippen LogP contribution in [0, 0.1) is 17.7 Å². The van der Waals surface area contributed by atoms with E-state index in [1.807, 2.05) is 6.07 Å². The van der Waals surface area contributed by atoms with Crippen LogP contribution in [0.15, 0.2) is 22.7 Å². The summed E-state index contributed by atoms with van der Waals surface area (Å²) < 4.78 is 14.3. The smallest absolute Gasteiger partial charge is 0.124 e. The minimum atomic E-state index is -0.140. The van der Waals surface area contributed by atoms with Gasteiger partial charge in [-0.3, -0.25) is 0 Å². The minimum Gasteiger partial charge on any atom is -0.314 e. The number of rotatable bonds is 5. The topological polar surface area (TPSA) is 12.0 Å². The molecule has 1 fully saturated rings. The average molecular weight is 328 g/mol. The fourth-order valence-electron chi connectivity index (χ4n) is 3.07. The lowest BCUT2D eigenvalue weighted by Gasteiger charge is -2.21. The number of halogens is 2. The van der Waals surface area contributed by atoms with E-state index in [1.54, 1.807) is 6.07 Å². The van der Waals surface area contributed by atoms with Gasteiger partial charge in [-0.25, -0.2) is 4.39 Å². The lowest BCUT2D eigenvalue weighted by molar-refractivity contribution is 0.354. The Hall–Kier alpha value is -0.410. The first kappa shape index (κ1) is 15.0. The second-order valence-electron chi connectivity index (χ2n) is 6.00. The van der Waals surface area contributed by atoms with Crippen LogP contribution in [0.1, 0.15) is 38.7 Å². The van der Waals surface area contributed by atoms with E-state index in [1.165, 1.54) is 25.3 Å². The largest absolute Gasteiger partial charge is 0.314 e. The summed E-state index contributed by atoms with van der Waals surface area (Å²) >= 11 is 3.37. The highest BCUT2D eigenvalue weighted by Gasteiger charge is 2.27. The van der Waals surface area contributed by atoms with Crippen molar-refractivity contribution in [3.63, 3.8) is 0 Å². The van der Waals surface area contributed by atoms with Crippen LogP contribution in [0.2, 0.25) is 0 Å². The summed E-state index contributed by atoms with van der Waals surface area (Å²) in [6, 6.07) is 5.80. The zero-order chi connectivity index (χ0) is 13.8. The Morgan fingerprint density at radius 2 is 2.00 bits per heavy atom. The van der Waals surface area contributed by atoms with Crippen LogP contribution >= 0.6 is 15.9 Å². The summed E-state index contributed by atoms with van der Waals surface area (Å²) in [7, 11) is 0. The number of hydrogen-bond acceptors (Lipinski definition) is 1. The molecule has 2 atom stereocenters. The maximum atomic E-state index is 13.4. The quantitative estimate of drug-likeness (QED) is 0.836. The molecule has 1 aromatic carbocycles. The predicted molar refractivity (Wildman–Crippen MR) is 81.8 cm³/mol. The average Bonchev–Trinajstić information content (AvgIpc) is 2.72. The molecule has 0 spiro atoms. The summed E-state index contributed by atoms with van der Waals surface area (Å²) in [5, 5.41) is 3.54. The van der Waals surface area contributed by atoms with Gasteiger partial charge in [0.05, 0.1) is 0 Å². The van der Waals surface area contributed by atoms with Crippen molar-refractivity contribution in [1.29, 1.82) is 0 Å². The molecule has 1 aliphatic rings. The zero-order valence-corrected chi connectivity index (χ0v) is 13.3. The molecule has 2 unspecified atom stereocenters. The van der Waals surface area contributed by atoms with Crippen molar-refractivity contribution in [2.75, 3.05) is 6.54 Å². The van der Waals surface area contributed by atoms with Crippen LogP contribution in [0.25, 0.3) is 0 Å². The van der Waals surface area contributed by atoms with Gasteiger partial charge in [0.2, 0.25) is 0 Å². The van der Waals surface area contributed by atoms with E-state index >= 15 is 0 Å². The van der Waals surface area contributed by atoms with Crippen LogP contribution in [-0.2, 0) is 6.42 Å². The Bertz CT molecular complexity index is 399. The minimum absolute atomic E-state index is 0.140. The first-order valence-corrected chi connectivity index (χ1v) is 8.02. The van der Waals surface area contributed by atoms with Crippen molar-refractivity contribution in [1.82, 2.24) is 5.32 Å². The van der Waals surface area contributed by atoms with Crippen molar-refractivity contribution in [2.45, 2.75) is 45.6 Å². The lowest BCUT2D eigenvalue weighted by Crippen LogP contribution is -2.31. The van der Waals surface area contributed by atoms with Gasteiger partial charge in [-0.1, -0.05) is 36.2 Å². The van der Waals surface area contributed by atoms with Gasteiger partial charge in [0, 0.05) is 10.5 Å². The predicted octanol–water partition coefficient (Wildman–Crippen LogP) is 4.55. The Kier molecular flexibility index (Phi) is 5.40. The highest BCUT2D eigenvalue weighted by atomic mass is 79.9. The Labute approximate surface area is 124 Å². The highest BCUT2D eigenvalue weighted by Crippen LogP contribution is 2.34. The van der Waals surface area contributed by atoms with Crippen LogP contribution in [-0.4, -0.2) is 12.6 Å². The van der Waals surface area contributed by atoms with Crippen molar-refractivity contribution in [2.24, 2.45) is 11.8 Å². The van der Waals surface area contributed by atoms with Gasteiger partial charge in [-0.05, 0) is 61.4 Å². The van der Waals surface area contributed by atoms with E-state index in [0.717, 1.165) is 28.9 Å². The first-order valence-electron chi connectivity index (χ1n) is 7.23. The van der Waals surface area contributed by atoms with E-state index in [2.05, 4.69) is 35.1 Å². The normalized spacial score (nSPS) is 23.2. The molecule has 2 rings (SSSR count). The van der Waals surface area contributed by atoms with E-state index in [0.29, 0.717) is 12.0 Å². The Morgan fingerprint density at radius 1 is 1.26 bits per heavy atom. The molecule has 0 saturated heterocycles. The third-order valence-electron chi connectivity index (χ3n) is 4.03. The Balaban J connectivity index is 1.96. The van der Waals surface area contributed by atoms with Gasteiger partial charge in [0.1, 0.15) is 5.82 Å². The van der Waals surface area contributed by atoms with Gasteiger partial charge in [0.25, 0.3) is 0 Å². The second-order valence-corrected chi connectivity index (χ2v) is 6.91. The van der Waals surface area contributed by atoms with E-state index < -0.39 is 0 Å².